The van der Waals surface area contributed by atoms with Gasteiger partial charge in [0.25, 0.3) is 0 Å². The predicted octanol–water partition coefficient (Wildman–Crippen LogP) is 1.25. The van der Waals surface area contributed by atoms with Crippen LogP contribution in [0.25, 0.3) is 0 Å². The lowest BCUT2D eigenvalue weighted by Gasteiger charge is -2.31. The average molecular weight is 287 g/mol. The summed E-state index contributed by atoms with van der Waals surface area (Å²) in [6.45, 7) is 0. The lowest BCUT2D eigenvalue weighted by Crippen LogP contribution is -2.42. The Morgan fingerprint density at radius 2 is 1.52 bits per heavy atom. The second-order valence-electron chi connectivity index (χ2n) is 5.27. The third-order valence-corrected chi connectivity index (χ3v) is 4.10. The second kappa shape index (κ2) is 5.33. The molecule has 0 unspecified atom stereocenters. The molecule has 1 heterocycles. The van der Waals surface area contributed by atoms with Gasteiger partial charge in [-0.05, 0) is 18.2 Å². The summed E-state index contributed by atoms with van der Waals surface area (Å²) >= 11 is 0. The van der Waals surface area contributed by atoms with Gasteiger partial charge >= 0.3 is 0 Å². The number of rotatable bonds is 3. The second-order valence-corrected chi connectivity index (χ2v) is 5.27. The Labute approximate surface area is 123 Å². The fraction of sp³-hybridized carbons (Fsp3) is 0.375. The largest absolute Gasteiger partial charge is 0.486 e. The van der Waals surface area contributed by atoms with Crippen LogP contribution in [0.2, 0.25) is 0 Å². The molecule has 21 heavy (non-hydrogen) atoms. The van der Waals surface area contributed by atoms with Crippen molar-refractivity contribution in [1.29, 1.82) is 0 Å². The van der Waals surface area contributed by atoms with Gasteiger partial charge in [0.05, 0.1) is 17.9 Å². The zero-order valence-corrected chi connectivity index (χ0v) is 11.9. The highest BCUT2D eigenvalue weighted by atomic mass is 16.5. The van der Waals surface area contributed by atoms with E-state index < -0.39 is 17.9 Å². The monoisotopic (exact) mass is 287 g/mol. The van der Waals surface area contributed by atoms with Crippen molar-refractivity contribution in [1.82, 2.24) is 4.90 Å². The highest BCUT2D eigenvalue weighted by Gasteiger charge is 2.54. The molecule has 3 rings (SSSR count). The van der Waals surface area contributed by atoms with Crippen molar-refractivity contribution in [3.05, 3.63) is 42.5 Å². The average Bonchev–Trinajstić information content (AvgIpc) is 2.74. The number of hydrogen-bond acceptors (Lipinski definition) is 4. The molecule has 110 valence electrons. The number of fused-ring (bicyclic) bond motifs is 1. The summed E-state index contributed by atoms with van der Waals surface area (Å²) < 4.78 is 11.2. The normalized spacial score (nSPS) is 31.4. The molecule has 0 saturated carbocycles. The van der Waals surface area contributed by atoms with Gasteiger partial charge in [0.1, 0.15) is 11.9 Å². The number of nitrogens with zero attached hydrogens (tertiary/aromatic N) is 1. The van der Waals surface area contributed by atoms with E-state index in [1.165, 1.54) is 11.9 Å². The van der Waals surface area contributed by atoms with Gasteiger partial charge < -0.3 is 9.47 Å². The van der Waals surface area contributed by atoms with Crippen LogP contribution in [-0.4, -0.2) is 43.1 Å². The molecule has 1 saturated heterocycles. The standard InChI is InChI=1S/C16H17NO4/c1-17-15(18)13-11(20-2)8-9-12(14(13)16(17)19)21-10-6-4-3-5-7-10/h3-9,11-14H,1-2H3/t11-,12-,13-,14+/m1/s1. The summed E-state index contributed by atoms with van der Waals surface area (Å²) in [5.41, 5.74) is 0. The van der Waals surface area contributed by atoms with Gasteiger partial charge in [0.15, 0.2) is 0 Å². The Morgan fingerprint density at radius 1 is 0.952 bits per heavy atom. The molecule has 2 amide bonds. The molecule has 5 heteroatoms. The molecule has 2 aliphatic rings. The molecule has 0 radical (unpaired) electrons. The molecule has 1 aliphatic carbocycles. The van der Waals surface area contributed by atoms with E-state index in [1.54, 1.807) is 13.2 Å². The van der Waals surface area contributed by atoms with E-state index in [9.17, 15) is 9.59 Å². The predicted molar refractivity (Wildman–Crippen MR) is 75.6 cm³/mol. The summed E-state index contributed by atoms with van der Waals surface area (Å²) in [4.78, 5) is 25.8. The molecule has 0 bridgehead atoms. The first kappa shape index (κ1) is 13.8. The molecule has 5 nitrogen and oxygen atoms in total. The molecule has 0 N–H and O–H groups in total. The van der Waals surface area contributed by atoms with E-state index >= 15 is 0 Å². The number of methoxy groups -OCH3 is 1. The Kier molecular flexibility index (Phi) is 3.51. The molecule has 0 spiro atoms. The molecule has 1 fully saturated rings. The minimum absolute atomic E-state index is 0.206. The van der Waals surface area contributed by atoms with E-state index in [0.29, 0.717) is 5.75 Å². The fourth-order valence-corrected chi connectivity index (χ4v) is 3.01. The number of imide groups is 1. The Balaban J connectivity index is 1.91. The summed E-state index contributed by atoms with van der Waals surface area (Å²) in [6, 6.07) is 9.29. The molecule has 1 aliphatic heterocycles. The minimum Gasteiger partial charge on any atom is -0.486 e. The van der Waals surface area contributed by atoms with Crippen LogP contribution in [-0.2, 0) is 14.3 Å². The van der Waals surface area contributed by atoms with Crippen molar-refractivity contribution >= 4 is 11.8 Å². The highest BCUT2D eigenvalue weighted by molar-refractivity contribution is 6.06. The third-order valence-electron chi connectivity index (χ3n) is 4.10. The number of amides is 2. The van der Waals surface area contributed by atoms with Gasteiger partial charge in [-0.2, -0.15) is 0 Å². The van der Waals surface area contributed by atoms with Gasteiger partial charge in [-0.15, -0.1) is 0 Å². The molecule has 4 atom stereocenters. The SMILES string of the molecule is CO[C@@H]1C=C[C@@H](Oc2ccccc2)[C@@H]2C(=O)N(C)C(=O)[C@@H]21. The van der Waals surface area contributed by atoms with Crippen LogP contribution in [0, 0.1) is 11.8 Å². The lowest BCUT2D eigenvalue weighted by molar-refractivity contribution is -0.138. The zero-order valence-electron chi connectivity index (χ0n) is 11.9. The van der Waals surface area contributed by atoms with Crippen molar-refractivity contribution in [2.75, 3.05) is 14.2 Å². The van der Waals surface area contributed by atoms with E-state index in [-0.39, 0.29) is 17.9 Å². The van der Waals surface area contributed by atoms with Crippen LogP contribution in [0.5, 0.6) is 5.75 Å². The third kappa shape index (κ3) is 2.23. The molecule has 0 aromatic heterocycles. The first-order chi connectivity index (χ1) is 10.1. The molecule has 1 aromatic rings. The first-order valence-electron chi connectivity index (χ1n) is 6.87. The number of carbonyl (C=O) groups is 2. The number of ether oxygens (including phenoxy) is 2. The van der Waals surface area contributed by atoms with E-state index in [2.05, 4.69) is 0 Å². The quantitative estimate of drug-likeness (QED) is 0.620. The Hall–Kier alpha value is -2.14. The number of para-hydroxylation sites is 1. The summed E-state index contributed by atoms with van der Waals surface area (Å²) in [5.74, 6) is -0.777. The molecular formula is C16H17NO4. The van der Waals surface area contributed by atoms with Crippen LogP contribution in [0.15, 0.2) is 42.5 Å². The van der Waals surface area contributed by atoms with Gasteiger partial charge in [-0.3, -0.25) is 14.5 Å². The first-order valence-corrected chi connectivity index (χ1v) is 6.87. The maximum Gasteiger partial charge on any atom is 0.237 e. The van der Waals surface area contributed by atoms with Crippen molar-refractivity contribution in [2.45, 2.75) is 12.2 Å². The van der Waals surface area contributed by atoms with Gasteiger partial charge in [-0.25, -0.2) is 0 Å². The van der Waals surface area contributed by atoms with Crippen LogP contribution in [0.3, 0.4) is 0 Å². The summed E-state index contributed by atoms with van der Waals surface area (Å²) in [7, 11) is 3.05. The van der Waals surface area contributed by atoms with Crippen molar-refractivity contribution in [3.63, 3.8) is 0 Å². The minimum atomic E-state index is -0.530. The van der Waals surface area contributed by atoms with Gasteiger partial charge in [-0.1, -0.05) is 24.3 Å². The van der Waals surface area contributed by atoms with Crippen molar-refractivity contribution < 1.29 is 19.1 Å². The van der Waals surface area contributed by atoms with Crippen molar-refractivity contribution in [2.24, 2.45) is 11.8 Å². The number of carbonyl (C=O) groups excluding carboxylic acids is 2. The molecule has 1 aromatic carbocycles. The van der Waals surface area contributed by atoms with Crippen LogP contribution in [0.1, 0.15) is 0 Å². The van der Waals surface area contributed by atoms with Gasteiger partial charge in [0.2, 0.25) is 11.8 Å². The van der Waals surface area contributed by atoms with Gasteiger partial charge in [0, 0.05) is 14.2 Å². The summed E-state index contributed by atoms with van der Waals surface area (Å²) in [6.07, 6.45) is 2.78. The van der Waals surface area contributed by atoms with Crippen LogP contribution < -0.4 is 4.74 Å². The number of likely N-dealkylation sites (tertiary alicyclic amines) is 1. The van der Waals surface area contributed by atoms with Crippen LogP contribution >= 0.6 is 0 Å². The van der Waals surface area contributed by atoms with Crippen LogP contribution in [0.4, 0.5) is 0 Å². The van der Waals surface area contributed by atoms with E-state index in [1.807, 2.05) is 36.4 Å². The Morgan fingerprint density at radius 3 is 2.14 bits per heavy atom. The Bertz CT molecular complexity index is 583. The van der Waals surface area contributed by atoms with E-state index in [4.69, 9.17) is 9.47 Å². The lowest BCUT2D eigenvalue weighted by atomic mass is 9.81. The van der Waals surface area contributed by atoms with E-state index in [0.717, 1.165) is 0 Å². The highest BCUT2D eigenvalue weighted by Crippen LogP contribution is 2.37. The maximum absolute atomic E-state index is 12.3. The topological polar surface area (TPSA) is 55.8 Å². The summed E-state index contributed by atoms with van der Waals surface area (Å²) in [5, 5.41) is 0. The van der Waals surface area contributed by atoms with Crippen molar-refractivity contribution in [3.8, 4) is 5.75 Å². The zero-order chi connectivity index (χ0) is 15.0. The maximum atomic E-state index is 12.3. The fourth-order valence-electron chi connectivity index (χ4n) is 3.01. The number of benzene rings is 1. The molecular weight excluding hydrogens is 270 g/mol. The smallest absolute Gasteiger partial charge is 0.237 e. The number of hydrogen-bond donors (Lipinski definition) is 0.